The van der Waals surface area contributed by atoms with Gasteiger partial charge in [0.25, 0.3) is 11.8 Å². The average molecular weight is 726 g/mol. The standard InChI is InChI=1S/C38H47N9O6/c39-35-30(24-28(43-44-35)25-10-6-7-13-31(25)48)46-22-20-45(21-23-46)19-18-41-32(49)14-5-3-1-2-4-8-17-40-27-12-9-11-26-34(27)38(53)47(37(26)52)29-15-16-33(50)42-36(29)51/h6-7,9-13,24,29,40,48H,1-5,8,14-23H2,(H2,39,44)(H,41,49)(H,42,50,51). The van der Waals surface area contributed by atoms with Gasteiger partial charge in [-0.1, -0.05) is 43.9 Å². The number of nitrogen functional groups attached to an aromatic ring is 1. The summed E-state index contributed by atoms with van der Waals surface area (Å²) in [6.45, 7) is 5.18. The van der Waals surface area contributed by atoms with E-state index in [-0.39, 0.29) is 35.6 Å². The first kappa shape index (κ1) is 37.2. The van der Waals surface area contributed by atoms with Gasteiger partial charge in [-0.3, -0.25) is 39.1 Å². The van der Waals surface area contributed by atoms with Crippen LogP contribution in [0.2, 0.25) is 0 Å². The number of aromatic nitrogens is 2. The Balaban J connectivity index is 0.815. The molecule has 4 heterocycles. The first-order valence-corrected chi connectivity index (χ1v) is 18.5. The van der Waals surface area contributed by atoms with Crippen molar-refractivity contribution in [3.8, 4) is 17.0 Å². The Bertz CT molecular complexity index is 1840. The van der Waals surface area contributed by atoms with E-state index in [4.69, 9.17) is 5.73 Å². The molecule has 2 aromatic carbocycles. The number of phenolic OH excluding ortho intramolecular Hbond substituents is 1. The number of carbonyl (C=O) groups excluding carboxylic acids is 5. The summed E-state index contributed by atoms with van der Waals surface area (Å²) in [5, 5.41) is 27.1. The van der Waals surface area contributed by atoms with Gasteiger partial charge in [-0.15, -0.1) is 10.2 Å². The summed E-state index contributed by atoms with van der Waals surface area (Å²) in [4.78, 5) is 68.1. The Labute approximate surface area is 308 Å². The molecule has 6 N–H and O–H groups in total. The number of para-hydroxylation sites is 1. The number of piperidine rings is 1. The van der Waals surface area contributed by atoms with Crippen molar-refractivity contribution in [2.75, 3.05) is 61.8 Å². The highest BCUT2D eigenvalue weighted by Crippen LogP contribution is 2.33. The number of fused-ring (bicyclic) bond motifs is 1. The molecule has 0 aliphatic carbocycles. The maximum Gasteiger partial charge on any atom is 0.264 e. The molecule has 1 aromatic heterocycles. The number of piperazine rings is 1. The van der Waals surface area contributed by atoms with Crippen molar-refractivity contribution >= 4 is 46.7 Å². The number of benzene rings is 2. The van der Waals surface area contributed by atoms with E-state index in [1.165, 1.54) is 0 Å². The Morgan fingerprint density at radius 2 is 1.60 bits per heavy atom. The second-order valence-electron chi connectivity index (χ2n) is 13.7. The zero-order valence-corrected chi connectivity index (χ0v) is 29.8. The lowest BCUT2D eigenvalue weighted by Crippen LogP contribution is -2.54. The third-order valence-electron chi connectivity index (χ3n) is 10.1. The zero-order valence-electron chi connectivity index (χ0n) is 29.8. The minimum Gasteiger partial charge on any atom is -0.507 e. The van der Waals surface area contributed by atoms with Gasteiger partial charge in [0.05, 0.1) is 22.5 Å². The molecule has 6 rings (SSSR count). The van der Waals surface area contributed by atoms with Gasteiger partial charge in [0, 0.05) is 69.9 Å². The fraction of sp³-hybridized carbons (Fsp3) is 0.447. The Morgan fingerprint density at radius 3 is 2.38 bits per heavy atom. The Morgan fingerprint density at radius 1 is 0.868 bits per heavy atom. The molecule has 0 saturated carbocycles. The number of nitrogens with zero attached hydrogens (tertiary/aromatic N) is 5. The highest BCUT2D eigenvalue weighted by molar-refractivity contribution is 6.25. The maximum absolute atomic E-state index is 13.2. The first-order chi connectivity index (χ1) is 25.7. The van der Waals surface area contributed by atoms with Crippen LogP contribution in [0.1, 0.15) is 78.5 Å². The first-order valence-electron chi connectivity index (χ1n) is 18.5. The Kier molecular flexibility index (Phi) is 12.1. The van der Waals surface area contributed by atoms with Gasteiger partial charge >= 0.3 is 0 Å². The molecule has 2 saturated heterocycles. The molecule has 2 fully saturated rings. The molecule has 3 aliphatic rings. The van der Waals surface area contributed by atoms with E-state index in [9.17, 15) is 29.1 Å². The van der Waals surface area contributed by atoms with E-state index in [0.29, 0.717) is 42.3 Å². The summed E-state index contributed by atoms with van der Waals surface area (Å²) in [7, 11) is 0. The molecule has 1 atom stereocenters. The number of carbonyl (C=O) groups is 5. The van der Waals surface area contributed by atoms with Crippen molar-refractivity contribution in [3.05, 3.63) is 59.7 Å². The summed E-state index contributed by atoms with van der Waals surface area (Å²) in [6, 6.07) is 13.0. The smallest absolute Gasteiger partial charge is 0.264 e. The van der Waals surface area contributed by atoms with Gasteiger partial charge in [-0.05, 0) is 49.6 Å². The molecule has 53 heavy (non-hydrogen) atoms. The lowest BCUT2D eigenvalue weighted by Gasteiger charge is -2.36. The third-order valence-corrected chi connectivity index (χ3v) is 10.1. The summed E-state index contributed by atoms with van der Waals surface area (Å²) < 4.78 is 0. The minimum atomic E-state index is -0.988. The molecule has 3 aliphatic heterocycles. The number of amides is 5. The van der Waals surface area contributed by atoms with E-state index in [1.807, 2.05) is 12.1 Å². The quantitative estimate of drug-likeness (QED) is 0.107. The fourth-order valence-electron chi connectivity index (χ4n) is 7.12. The number of nitrogens with two attached hydrogens (primary N) is 1. The number of hydrogen-bond donors (Lipinski definition) is 5. The molecule has 15 heteroatoms. The molecule has 0 spiro atoms. The van der Waals surface area contributed by atoms with Crippen LogP contribution in [0.5, 0.6) is 5.75 Å². The van der Waals surface area contributed by atoms with Crippen LogP contribution in [0.3, 0.4) is 0 Å². The van der Waals surface area contributed by atoms with Gasteiger partial charge in [-0.25, -0.2) is 0 Å². The number of aromatic hydroxyl groups is 1. The predicted molar refractivity (Wildman–Crippen MR) is 199 cm³/mol. The summed E-state index contributed by atoms with van der Waals surface area (Å²) in [5.74, 6) is -1.49. The second-order valence-corrected chi connectivity index (χ2v) is 13.7. The van der Waals surface area contributed by atoms with Gasteiger partial charge in [0.2, 0.25) is 17.7 Å². The highest BCUT2D eigenvalue weighted by atomic mass is 16.3. The average Bonchev–Trinajstić information content (AvgIpc) is 3.41. The van der Waals surface area contributed by atoms with Crippen LogP contribution >= 0.6 is 0 Å². The number of unbranched alkanes of at least 4 members (excludes halogenated alkanes) is 5. The monoisotopic (exact) mass is 725 g/mol. The van der Waals surface area contributed by atoms with Crippen LogP contribution in [0.25, 0.3) is 11.3 Å². The Hall–Kier alpha value is -5.57. The molecular formula is C38H47N9O6. The molecule has 280 valence electrons. The molecular weight excluding hydrogens is 678 g/mol. The molecule has 0 radical (unpaired) electrons. The predicted octanol–water partition coefficient (Wildman–Crippen LogP) is 2.91. The van der Waals surface area contributed by atoms with Crippen molar-refractivity contribution in [2.24, 2.45) is 0 Å². The van der Waals surface area contributed by atoms with E-state index in [0.717, 1.165) is 81.8 Å². The molecule has 1 unspecified atom stereocenters. The van der Waals surface area contributed by atoms with E-state index >= 15 is 0 Å². The topological polar surface area (TPSA) is 203 Å². The summed E-state index contributed by atoms with van der Waals surface area (Å²) >= 11 is 0. The number of rotatable bonds is 16. The largest absolute Gasteiger partial charge is 0.507 e. The molecule has 5 amide bonds. The van der Waals surface area contributed by atoms with Crippen LogP contribution in [-0.4, -0.2) is 106 Å². The molecule has 3 aromatic rings. The minimum absolute atomic E-state index is 0.0692. The van der Waals surface area contributed by atoms with Crippen LogP contribution in [0, 0.1) is 0 Å². The number of anilines is 3. The lowest BCUT2D eigenvalue weighted by atomic mass is 10.0. The van der Waals surface area contributed by atoms with Gasteiger partial charge < -0.3 is 26.4 Å². The van der Waals surface area contributed by atoms with Crippen LogP contribution < -0.4 is 26.6 Å². The van der Waals surface area contributed by atoms with Gasteiger partial charge in [-0.2, -0.15) is 0 Å². The normalized spacial score (nSPS) is 17.5. The van der Waals surface area contributed by atoms with Crippen LogP contribution in [0.15, 0.2) is 48.5 Å². The van der Waals surface area contributed by atoms with Crippen molar-refractivity contribution in [2.45, 2.75) is 63.8 Å². The number of imide groups is 2. The van der Waals surface area contributed by atoms with Crippen LogP contribution in [0.4, 0.5) is 17.2 Å². The zero-order chi connectivity index (χ0) is 37.3. The van der Waals surface area contributed by atoms with Gasteiger partial charge in [0.1, 0.15) is 11.8 Å². The van der Waals surface area contributed by atoms with E-state index < -0.39 is 29.7 Å². The molecule has 15 nitrogen and oxygen atoms in total. The summed E-state index contributed by atoms with van der Waals surface area (Å²) in [6.07, 6.45) is 6.43. The van der Waals surface area contributed by atoms with E-state index in [2.05, 4.69) is 35.9 Å². The highest BCUT2D eigenvalue weighted by Gasteiger charge is 2.45. The lowest BCUT2D eigenvalue weighted by molar-refractivity contribution is -0.136. The second kappa shape index (κ2) is 17.3. The molecule has 0 bridgehead atoms. The SMILES string of the molecule is Nc1nnc(-c2ccccc2O)cc1N1CCN(CCNC(=O)CCCCCCCCNc2cccc3c2C(=O)N(C2CCC(=O)NC2=O)C3=O)CC1. The maximum atomic E-state index is 13.2. The van der Waals surface area contributed by atoms with Crippen molar-refractivity contribution < 1.29 is 29.1 Å². The van der Waals surface area contributed by atoms with Crippen molar-refractivity contribution in [3.63, 3.8) is 0 Å². The summed E-state index contributed by atoms with van der Waals surface area (Å²) in [5.41, 5.74) is 9.25. The van der Waals surface area contributed by atoms with Crippen molar-refractivity contribution in [1.29, 1.82) is 0 Å². The van der Waals surface area contributed by atoms with E-state index in [1.54, 1.807) is 36.4 Å². The van der Waals surface area contributed by atoms with Crippen molar-refractivity contribution in [1.82, 2.24) is 30.6 Å². The third kappa shape index (κ3) is 8.91. The van der Waals surface area contributed by atoms with Crippen LogP contribution in [-0.2, 0) is 14.4 Å². The fourth-order valence-corrected chi connectivity index (χ4v) is 7.12. The number of nitrogens with one attached hydrogen (secondary N) is 3. The number of phenols is 1. The number of hydrogen-bond acceptors (Lipinski definition) is 12. The van der Waals surface area contributed by atoms with Gasteiger partial charge in [0.15, 0.2) is 5.82 Å².